The Kier molecular flexibility index (Phi) is 7.95. The van der Waals surface area contributed by atoms with Crippen molar-refractivity contribution in [1.29, 1.82) is 0 Å². The Hall–Kier alpha value is -3.45. The van der Waals surface area contributed by atoms with Crippen molar-refractivity contribution in [3.8, 4) is 11.6 Å². The first-order valence-electron chi connectivity index (χ1n) is 9.92. The molecule has 1 N–H and O–H groups in total. The molecule has 1 amide bonds. The number of nitrogens with zero attached hydrogens (tertiary/aromatic N) is 1. The van der Waals surface area contributed by atoms with E-state index in [0.29, 0.717) is 36.1 Å². The van der Waals surface area contributed by atoms with E-state index >= 15 is 0 Å². The smallest absolute Gasteiger partial charge is 0.257 e. The molecule has 0 unspecified atom stereocenters. The van der Waals surface area contributed by atoms with Crippen molar-refractivity contribution in [2.45, 2.75) is 20.0 Å². The lowest BCUT2D eigenvalue weighted by Crippen LogP contribution is -2.13. The highest BCUT2D eigenvalue weighted by molar-refractivity contribution is 6.04. The van der Waals surface area contributed by atoms with Crippen LogP contribution < -0.4 is 14.8 Å². The number of ether oxygens (including phenoxy) is 3. The van der Waals surface area contributed by atoms with Gasteiger partial charge in [-0.2, -0.15) is 0 Å². The van der Waals surface area contributed by atoms with Crippen molar-refractivity contribution in [2.75, 3.05) is 25.6 Å². The quantitative estimate of drug-likeness (QED) is 0.475. The number of carbonyl (C=O) groups is 1. The molecule has 0 saturated heterocycles. The van der Waals surface area contributed by atoms with Gasteiger partial charge in [-0.3, -0.25) is 4.79 Å². The van der Waals surface area contributed by atoms with Gasteiger partial charge in [-0.05, 0) is 54.4 Å². The molecule has 0 aliphatic heterocycles. The van der Waals surface area contributed by atoms with Crippen molar-refractivity contribution in [3.63, 3.8) is 0 Å². The maximum absolute atomic E-state index is 13.3. The number of pyridine rings is 1. The van der Waals surface area contributed by atoms with Crippen molar-refractivity contribution in [3.05, 3.63) is 83.3 Å². The lowest BCUT2D eigenvalue weighted by atomic mass is 10.1. The van der Waals surface area contributed by atoms with Crippen LogP contribution >= 0.6 is 0 Å². The largest absolute Gasteiger partial charge is 0.489 e. The maximum Gasteiger partial charge on any atom is 0.257 e. The van der Waals surface area contributed by atoms with Crippen LogP contribution in [-0.2, 0) is 11.3 Å². The van der Waals surface area contributed by atoms with E-state index in [1.807, 2.05) is 13.0 Å². The fourth-order valence-corrected chi connectivity index (χ4v) is 2.83. The average Bonchev–Trinajstić information content (AvgIpc) is 2.77. The van der Waals surface area contributed by atoms with E-state index in [1.165, 1.54) is 18.3 Å². The summed E-state index contributed by atoms with van der Waals surface area (Å²) in [7, 11) is 1.64. The van der Waals surface area contributed by atoms with Gasteiger partial charge in [0, 0.05) is 38.1 Å². The second kappa shape index (κ2) is 11.1. The summed E-state index contributed by atoms with van der Waals surface area (Å²) in [6, 6.07) is 15.0. The van der Waals surface area contributed by atoms with Crippen LogP contribution in [0.15, 0.2) is 60.8 Å². The number of amides is 1. The number of hydrogen-bond acceptors (Lipinski definition) is 5. The van der Waals surface area contributed by atoms with Crippen LogP contribution in [0.4, 0.5) is 10.1 Å². The Balaban J connectivity index is 1.55. The van der Waals surface area contributed by atoms with Crippen LogP contribution in [0.3, 0.4) is 0 Å². The van der Waals surface area contributed by atoms with Crippen LogP contribution in [0.1, 0.15) is 27.9 Å². The molecule has 0 aliphatic carbocycles. The fourth-order valence-electron chi connectivity index (χ4n) is 2.83. The van der Waals surface area contributed by atoms with Crippen LogP contribution in [-0.4, -0.2) is 31.2 Å². The molecule has 0 radical (unpaired) electrons. The van der Waals surface area contributed by atoms with Gasteiger partial charge in [-0.1, -0.05) is 12.1 Å². The number of anilines is 1. The number of benzene rings is 2. The second-order valence-corrected chi connectivity index (χ2v) is 6.93. The lowest BCUT2D eigenvalue weighted by Gasteiger charge is -2.12. The van der Waals surface area contributed by atoms with Crippen molar-refractivity contribution >= 4 is 11.6 Å². The Labute approximate surface area is 181 Å². The average molecular weight is 424 g/mol. The summed E-state index contributed by atoms with van der Waals surface area (Å²) in [6.07, 6.45) is 2.24. The molecule has 7 heteroatoms. The first-order valence-corrected chi connectivity index (χ1v) is 9.92. The molecule has 3 rings (SSSR count). The van der Waals surface area contributed by atoms with Gasteiger partial charge in [0.15, 0.2) is 0 Å². The number of nitrogens with one attached hydrogen (secondary N) is 1. The van der Waals surface area contributed by atoms with Crippen LogP contribution in [0.5, 0.6) is 11.6 Å². The van der Waals surface area contributed by atoms with E-state index in [-0.39, 0.29) is 18.3 Å². The van der Waals surface area contributed by atoms with Crippen molar-refractivity contribution in [1.82, 2.24) is 4.98 Å². The number of aromatic nitrogens is 1. The molecule has 1 aromatic heterocycles. The Morgan fingerprint density at radius 3 is 2.65 bits per heavy atom. The number of carbonyl (C=O) groups excluding carboxylic acids is 1. The minimum Gasteiger partial charge on any atom is -0.489 e. The molecule has 0 spiro atoms. The first kappa shape index (κ1) is 22.2. The normalized spacial score (nSPS) is 10.5. The van der Waals surface area contributed by atoms with E-state index in [1.54, 1.807) is 43.5 Å². The summed E-state index contributed by atoms with van der Waals surface area (Å²) in [5.74, 6) is 0.533. The standard InChI is InChI=1S/C24H25FN2O4/c1-17-13-21(31-16-18-5-3-6-20(25)14-18)8-9-22(17)27-24(28)19-7-10-23(26-15-19)30-12-4-11-29-2/h3,5-10,13-15H,4,11-12,16H2,1-2H3,(H,27,28). The number of rotatable bonds is 10. The molecule has 3 aromatic rings. The highest BCUT2D eigenvalue weighted by Gasteiger charge is 2.10. The van der Waals surface area contributed by atoms with E-state index in [2.05, 4.69) is 10.3 Å². The SMILES string of the molecule is COCCCOc1ccc(C(=O)Nc2ccc(OCc3cccc(F)c3)cc2C)cn1. The molecule has 0 saturated carbocycles. The number of methoxy groups -OCH3 is 1. The molecule has 2 aromatic carbocycles. The van der Waals surface area contributed by atoms with E-state index in [9.17, 15) is 9.18 Å². The predicted octanol–water partition coefficient (Wildman–Crippen LogP) is 4.78. The summed E-state index contributed by atoms with van der Waals surface area (Å²) in [5, 5.41) is 2.87. The number of hydrogen-bond donors (Lipinski definition) is 1. The third-order valence-electron chi connectivity index (χ3n) is 4.48. The molecule has 0 bridgehead atoms. The van der Waals surface area contributed by atoms with Gasteiger partial charge in [0.05, 0.1) is 12.2 Å². The number of aryl methyl sites for hydroxylation is 1. The Morgan fingerprint density at radius 2 is 1.94 bits per heavy atom. The van der Waals surface area contributed by atoms with Gasteiger partial charge in [0.25, 0.3) is 5.91 Å². The highest BCUT2D eigenvalue weighted by Crippen LogP contribution is 2.23. The van der Waals surface area contributed by atoms with Gasteiger partial charge >= 0.3 is 0 Å². The summed E-state index contributed by atoms with van der Waals surface area (Å²) in [4.78, 5) is 16.7. The Morgan fingerprint density at radius 1 is 1.06 bits per heavy atom. The topological polar surface area (TPSA) is 69.7 Å². The zero-order valence-electron chi connectivity index (χ0n) is 17.6. The summed E-state index contributed by atoms with van der Waals surface area (Å²) < 4.78 is 29.5. The van der Waals surface area contributed by atoms with Crippen molar-refractivity contribution in [2.24, 2.45) is 0 Å². The molecule has 0 atom stereocenters. The van der Waals surface area contributed by atoms with E-state index in [4.69, 9.17) is 14.2 Å². The molecule has 31 heavy (non-hydrogen) atoms. The molecule has 1 heterocycles. The third kappa shape index (κ3) is 6.79. The summed E-state index contributed by atoms with van der Waals surface area (Å²) in [6.45, 7) is 3.25. The van der Waals surface area contributed by atoms with Gasteiger partial charge in [0.1, 0.15) is 18.2 Å². The predicted molar refractivity (Wildman–Crippen MR) is 116 cm³/mol. The lowest BCUT2D eigenvalue weighted by molar-refractivity contribution is 0.102. The van der Waals surface area contributed by atoms with Crippen LogP contribution in [0.2, 0.25) is 0 Å². The molecule has 0 fully saturated rings. The highest BCUT2D eigenvalue weighted by atomic mass is 19.1. The fraction of sp³-hybridized carbons (Fsp3) is 0.250. The van der Waals surface area contributed by atoms with Crippen LogP contribution in [0.25, 0.3) is 0 Å². The van der Waals surface area contributed by atoms with Gasteiger partial charge in [0.2, 0.25) is 5.88 Å². The monoisotopic (exact) mass is 424 g/mol. The summed E-state index contributed by atoms with van der Waals surface area (Å²) in [5.41, 5.74) is 2.68. The van der Waals surface area contributed by atoms with Crippen molar-refractivity contribution < 1.29 is 23.4 Å². The van der Waals surface area contributed by atoms with Crippen LogP contribution in [0, 0.1) is 12.7 Å². The Bertz CT molecular complexity index is 1010. The number of halogens is 1. The molecular formula is C24H25FN2O4. The molecular weight excluding hydrogens is 399 g/mol. The molecule has 162 valence electrons. The van der Waals surface area contributed by atoms with Gasteiger partial charge < -0.3 is 19.5 Å². The van der Waals surface area contributed by atoms with E-state index in [0.717, 1.165) is 17.5 Å². The zero-order valence-corrected chi connectivity index (χ0v) is 17.6. The summed E-state index contributed by atoms with van der Waals surface area (Å²) >= 11 is 0. The molecule has 0 aliphatic rings. The minimum absolute atomic E-state index is 0.258. The third-order valence-corrected chi connectivity index (χ3v) is 4.48. The van der Waals surface area contributed by atoms with E-state index < -0.39 is 0 Å². The zero-order chi connectivity index (χ0) is 22.1. The first-order chi connectivity index (χ1) is 15.0. The minimum atomic E-state index is -0.296. The molecule has 6 nitrogen and oxygen atoms in total. The second-order valence-electron chi connectivity index (χ2n) is 6.93. The maximum atomic E-state index is 13.3. The van der Waals surface area contributed by atoms with Gasteiger partial charge in [-0.25, -0.2) is 9.37 Å². The van der Waals surface area contributed by atoms with Gasteiger partial charge in [-0.15, -0.1) is 0 Å².